The zero-order valence-electron chi connectivity index (χ0n) is 10.3. The van der Waals surface area contributed by atoms with Gasteiger partial charge in [0.2, 0.25) is 0 Å². The van der Waals surface area contributed by atoms with E-state index in [0.717, 1.165) is 0 Å². The molecule has 6 heteroatoms. The summed E-state index contributed by atoms with van der Waals surface area (Å²) in [5.41, 5.74) is 10.4. The van der Waals surface area contributed by atoms with Gasteiger partial charge in [0.25, 0.3) is 0 Å². The minimum atomic E-state index is -0.259. The lowest BCUT2D eigenvalue weighted by Gasteiger charge is -2.18. The Kier molecular flexibility index (Phi) is 4.66. The fourth-order valence-corrected chi connectivity index (χ4v) is 1.94. The number of methoxy groups -OCH3 is 1. The average Bonchev–Trinajstić information content (AvgIpc) is 2.88. The number of carbonyl (C=O) groups excluding carboxylic acids is 1. The largest absolute Gasteiger partial charge is 0.468 e. The number of esters is 1. The number of carbonyl (C=O) groups is 1. The molecular formula is C12H18N4O2. The number of ether oxygens (including phenoxy) is 1. The van der Waals surface area contributed by atoms with Crippen molar-refractivity contribution in [2.45, 2.75) is 12.1 Å². The van der Waals surface area contributed by atoms with E-state index in [4.69, 9.17) is 0 Å². The lowest BCUT2D eigenvalue weighted by Crippen LogP contribution is -2.41. The second-order valence-electron chi connectivity index (χ2n) is 4.12. The first kappa shape index (κ1) is 13.0. The molecule has 0 bridgehead atoms. The monoisotopic (exact) mass is 250 g/mol. The third-order valence-electron chi connectivity index (χ3n) is 2.91. The van der Waals surface area contributed by atoms with Crippen LogP contribution in [0.1, 0.15) is 11.6 Å². The molecule has 1 aliphatic rings. The molecular weight excluding hydrogens is 232 g/mol. The van der Waals surface area contributed by atoms with Crippen molar-refractivity contribution in [1.29, 1.82) is 0 Å². The highest BCUT2D eigenvalue weighted by molar-refractivity contribution is 5.71. The van der Waals surface area contributed by atoms with Crippen LogP contribution < -0.4 is 21.7 Å². The lowest BCUT2D eigenvalue weighted by molar-refractivity contribution is -0.139. The van der Waals surface area contributed by atoms with Crippen molar-refractivity contribution in [3.05, 3.63) is 35.9 Å². The molecule has 2 atom stereocenters. The zero-order valence-corrected chi connectivity index (χ0v) is 10.3. The second-order valence-corrected chi connectivity index (χ2v) is 4.12. The molecule has 1 fully saturated rings. The van der Waals surface area contributed by atoms with Gasteiger partial charge in [0.05, 0.1) is 25.7 Å². The van der Waals surface area contributed by atoms with E-state index in [2.05, 4.69) is 38.6 Å². The molecule has 1 heterocycles. The predicted molar refractivity (Wildman–Crippen MR) is 67.3 cm³/mol. The molecule has 0 aromatic heterocycles. The Morgan fingerprint density at radius 2 is 2.11 bits per heavy atom. The van der Waals surface area contributed by atoms with Gasteiger partial charge in [0, 0.05) is 6.54 Å². The highest BCUT2D eigenvalue weighted by atomic mass is 16.5. The highest BCUT2D eigenvalue weighted by Gasteiger charge is 2.27. The third kappa shape index (κ3) is 3.27. The molecule has 0 amide bonds. The maximum Gasteiger partial charge on any atom is 0.319 e. The maximum atomic E-state index is 11.0. The van der Waals surface area contributed by atoms with Gasteiger partial charge in [-0.05, 0) is 5.56 Å². The summed E-state index contributed by atoms with van der Waals surface area (Å²) in [6.07, 6.45) is 0. The van der Waals surface area contributed by atoms with Crippen LogP contribution in [0.5, 0.6) is 0 Å². The Morgan fingerprint density at radius 1 is 1.33 bits per heavy atom. The van der Waals surface area contributed by atoms with Gasteiger partial charge >= 0.3 is 5.97 Å². The van der Waals surface area contributed by atoms with Crippen LogP contribution in [0.4, 0.5) is 0 Å². The van der Waals surface area contributed by atoms with E-state index in [1.165, 1.54) is 12.7 Å². The van der Waals surface area contributed by atoms with E-state index in [0.29, 0.717) is 6.54 Å². The van der Waals surface area contributed by atoms with Crippen LogP contribution in [0.15, 0.2) is 30.3 Å². The number of nitrogens with one attached hydrogen (secondary N) is 4. The molecule has 18 heavy (non-hydrogen) atoms. The number of hydrogen-bond donors (Lipinski definition) is 4. The molecule has 0 spiro atoms. The van der Waals surface area contributed by atoms with E-state index in [-0.39, 0.29) is 24.6 Å². The summed E-state index contributed by atoms with van der Waals surface area (Å²) in [6.45, 7) is 0.880. The Bertz CT molecular complexity index is 385. The standard InChI is InChI=1S/C12H18N4O2/c1-18-11(17)8-13-7-10-12(15-16-14-10)9-5-3-2-4-6-9/h2-6,10,12-16H,7-8H2,1H3. The second kappa shape index (κ2) is 6.46. The normalized spacial score (nSPS) is 22.9. The lowest BCUT2D eigenvalue weighted by atomic mass is 10.0. The Hall–Kier alpha value is -1.47. The van der Waals surface area contributed by atoms with Gasteiger partial charge in [0.1, 0.15) is 0 Å². The van der Waals surface area contributed by atoms with Crippen LogP contribution in [0.3, 0.4) is 0 Å². The maximum absolute atomic E-state index is 11.0. The Balaban J connectivity index is 1.86. The first-order chi connectivity index (χ1) is 8.81. The average molecular weight is 250 g/mol. The van der Waals surface area contributed by atoms with E-state index >= 15 is 0 Å². The highest BCUT2D eigenvalue weighted by Crippen LogP contribution is 2.17. The van der Waals surface area contributed by atoms with Gasteiger partial charge in [-0.1, -0.05) is 30.3 Å². The Labute approximate surface area is 106 Å². The number of benzene rings is 1. The van der Waals surface area contributed by atoms with Gasteiger partial charge in [-0.15, -0.1) is 0 Å². The molecule has 4 N–H and O–H groups in total. The summed E-state index contributed by atoms with van der Waals surface area (Å²) < 4.78 is 4.57. The van der Waals surface area contributed by atoms with Crippen LogP contribution in [0.2, 0.25) is 0 Å². The third-order valence-corrected chi connectivity index (χ3v) is 2.91. The fourth-order valence-electron chi connectivity index (χ4n) is 1.94. The van der Waals surface area contributed by atoms with E-state index in [1.54, 1.807) is 0 Å². The minimum Gasteiger partial charge on any atom is -0.468 e. The van der Waals surface area contributed by atoms with Gasteiger partial charge in [0.15, 0.2) is 0 Å². The number of hydrazine groups is 2. The van der Waals surface area contributed by atoms with E-state index in [1.807, 2.05) is 18.2 Å². The van der Waals surface area contributed by atoms with Crippen LogP contribution in [0, 0.1) is 0 Å². The molecule has 98 valence electrons. The SMILES string of the molecule is COC(=O)CNCC1NNNC1c1ccccc1. The number of rotatable bonds is 5. The van der Waals surface area contributed by atoms with E-state index in [9.17, 15) is 4.79 Å². The van der Waals surface area contributed by atoms with Gasteiger partial charge in [-0.25, -0.2) is 10.9 Å². The first-order valence-corrected chi connectivity index (χ1v) is 5.90. The number of hydrogen-bond acceptors (Lipinski definition) is 6. The molecule has 1 aromatic carbocycles. The van der Waals surface area contributed by atoms with Crippen LogP contribution in [-0.2, 0) is 9.53 Å². The summed E-state index contributed by atoms with van der Waals surface area (Å²) >= 11 is 0. The molecule has 0 radical (unpaired) electrons. The molecule has 6 nitrogen and oxygen atoms in total. The molecule has 2 rings (SSSR count). The molecule has 1 aliphatic heterocycles. The zero-order chi connectivity index (χ0) is 12.8. The molecule has 1 aromatic rings. The van der Waals surface area contributed by atoms with Gasteiger partial charge in [-0.2, -0.15) is 5.53 Å². The van der Waals surface area contributed by atoms with Crippen molar-refractivity contribution in [1.82, 2.24) is 21.7 Å². The minimum absolute atomic E-state index is 0.163. The Morgan fingerprint density at radius 3 is 2.83 bits per heavy atom. The van der Waals surface area contributed by atoms with Crippen molar-refractivity contribution < 1.29 is 9.53 Å². The van der Waals surface area contributed by atoms with Crippen LogP contribution in [0.25, 0.3) is 0 Å². The van der Waals surface area contributed by atoms with Crippen molar-refractivity contribution in [2.24, 2.45) is 0 Å². The van der Waals surface area contributed by atoms with E-state index < -0.39 is 0 Å². The summed E-state index contributed by atoms with van der Waals surface area (Å²) in [5, 5.41) is 3.06. The summed E-state index contributed by atoms with van der Waals surface area (Å²) in [7, 11) is 1.38. The van der Waals surface area contributed by atoms with Gasteiger partial charge in [-0.3, -0.25) is 4.79 Å². The smallest absolute Gasteiger partial charge is 0.319 e. The quantitative estimate of drug-likeness (QED) is 0.527. The predicted octanol–water partition coefficient (Wildman–Crippen LogP) is -0.529. The van der Waals surface area contributed by atoms with Crippen molar-refractivity contribution in [3.8, 4) is 0 Å². The topological polar surface area (TPSA) is 74.4 Å². The van der Waals surface area contributed by atoms with Crippen molar-refractivity contribution in [3.63, 3.8) is 0 Å². The van der Waals surface area contributed by atoms with Crippen molar-refractivity contribution in [2.75, 3.05) is 20.2 Å². The van der Waals surface area contributed by atoms with Crippen LogP contribution >= 0.6 is 0 Å². The molecule has 2 unspecified atom stereocenters. The molecule has 0 aliphatic carbocycles. The fraction of sp³-hybridized carbons (Fsp3) is 0.417. The molecule has 0 saturated carbocycles. The van der Waals surface area contributed by atoms with Crippen LogP contribution in [-0.4, -0.2) is 32.2 Å². The summed E-state index contributed by atoms with van der Waals surface area (Å²) in [5.74, 6) is -0.259. The summed E-state index contributed by atoms with van der Waals surface area (Å²) in [6, 6.07) is 10.5. The van der Waals surface area contributed by atoms with Crippen molar-refractivity contribution >= 4 is 5.97 Å². The van der Waals surface area contributed by atoms with Gasteiger partial charge < -0.3 is 10.1 Å². The first-order valence-electron chi connectivity index (χ1n) is 5.90. The molecule has 1 saturated heterocycles. The summed E-state index contributed by atoms with van der Waals surface area (Å²) in [4.78, 5) is 11.0.